The van der Waals surface area contributed by atoms with Crippen molar-refractivity contribution in [2.75, 3.05) is 18.5 Å². The van der Waals surface area contributed by atoms with Crippen molar-refractivity contribution < 1.29 is 14.3 Å². The van der Waals surface area contributed by atoms with Crippen LogP contribution in [0.15, 0.2) is 42.5 Å². The number of carbonyl (C=O) groups is 1. The molecule has 0 aliphatic heterocycles. The van der Waals surface area contributed by atoms with Gasteiger partial charge in [-0.3, -0.25) is 10.1 Å². The molecule has 0 atom stereocenters. The van der Waals surface area contributed by atoms with E-state index in [1.54, 1.807) is 18.2 Å². The van der Waals surface area contributed by atoms with E-state index in [1.807, 2.05) is 24.3 Å². The SMILES string of the molecule is CCCCCCOc1cccc(OCC(=O)Nc2nc3ccc(Cl)cc3s2)c1. The van der Waals surface area contributed by atoms with E-state index in [9.17, 15) is 4.79 Å². The zero-order chi connectivity index (χ0) is 19.8. The summed E-state index contributed by atoms with van der Waals surface area (Å²) in [6.45, 7) is 2.77. The number of unbranched alkanes of at least 4 members (excludes halogenated alkanes) is 3. The summed E-state index contributed by atoms with van der Waals surface area (Å²) in [4.78, 5) is 16.5. The Morgan fingerprint density at radius 1 is 1.11 bits per heavy atom. The van der Waals surface area contributed by atoms with Gasteiger partial charge in [0.1, 0.15) is 11.5 Å². The summed E-state index contributed by atoms with van der Waals surface area (Å²) >= 11 is 7.35. The highest BCUT2D eigenvalue weighted by Gasteiger charge is 2.09. The van der Waals surface area contributed by atoms with Crippen LogP contribution in [0.4, 0.5) is 5.13 Å². The molecule has 2 aromatic carbocycles. The largest absolute Gasteiger partial charge is 0.493 e. The van der Waals surface area contributed by atoms with Gasteiger partial charge in [0.05, 0.1) is 16.8 Å². The third kappa shape index (κ3) is 6.11. The van der Waals surface area contributed by atoms with Crippen LogP contribution in [0.25, 0.3) is 10.2 Å². The van der Waals surface area contributed by atoms with E-state index < -0.39 is 0 Å². The van der Waals surface area contributed by atoms with Crippen LogP contribution < -0.4 is 14.8 Å². The molecular formula is C21H23ClN2O3S. The molecule has 0 bridgehead atoms. The molecule has 3 rings (SSSR count). The maximum absolute atomic E-state index is 12.2. The lowest BCUT2D eigenvalue weighted by Gasteiger charge is -2.09. The first-order valence-corrected chi connectivity index (χ1v) is 10.5. The van der Waals surface area contributed by atoms with Gasteiger partial charge in [0.2, 0.25) is 0 Å². The Morgan fingerprint density at radius 3 is 2.75 bits per heavy atom. The van der Waals surface area contributed by atoms with Gasteiger partial charge in [0, 0.05) is 11.1 Å². The Labute approximate surface area is 173 Å². The van der Waals surface area contributed by atoms with Crippen molar-refractivity contribution in [1.29, 1.82) is 0 Å². The van der Waals surface area contributed by atoms with Crippen LogP contribution in [-0.4, -0.2) is 24.1 Å². The van der Waals surface area contributed by atoms with Crippen LogP contribution in [0, 0.1) is 0 Å². The first-order chi connectivity index (χ1) is 13.6. The molecule has 1 heterocycles. The van der Waals surface area contributed by atoms with Gasteiger partial charge in [-0.2, -0.15) is 0 Å². The molecule has 1 N–H and O–H groups in total. The molecule has 148 valence electrons. The molecular weight excluding hydrogens is 396 g/mol. The molecule has 28 heavy (non-hydrogen) atoms. The number of hydrogen-bond acceptors (Lipinski definition) is 5. The maximum Gasteiger partial charge on any atom is 0.264 e. The number of thiazole rings is 1. The van der Waals surface area contributed by atoms with Crippen LogP contribution in [0.3, 0.4) is 0 Å². The van der Waals surface area contributed by atoms with Gasteiger partial charge in [-0.15, -0.1) is 0 Å². The molecule has 1 amide bonds. The van der Waals surface area contributed by atoms with E-state index >= 15 is 0 Å². The second kappa shape index (κ2) is 10.3. The van der Waals surface area contributed by atoms with Crippen LogP contribution in [0.1, 0.15) is 32.6 Å². The van der Waals surface area contributed by atoms with Gasteiger partial charge in [-0.05, 0) is 36.8 Å². The molecule has 0 aliphatic rings. The van der Waals surface area contributed by atoms with Gasteiger partial charge in [0.25, 0.3) is 5.91 Å². The Kier molecular flexibility index (Phi) is 7.51. The summed E-state index contributed by atoms with van der Waals surface area (Å²) in [6.07, 6.45) is 4.64. The number of benzene rings is 2. The number of nitrogens with one attached hydrogen (secondary N) is 1. The number of halogens is 1. The standard InChI is InChI=1S/C21H23ClN2O3S/c1-2-3-4-5-11-26-16-7-6-8-17(13-16)27-14-20(25)24-21-23-18-10-9-15(22)12-19(18)28-21/h6-10,12-13H,2-5,11,14H2,1H3,(H,23,24,25). The van der Waals surface area contributed by atoms with Crippen molar-refractivity contribution >= 4 is 44.2 Å². The molecule has 0 saturated carbocycles. The average Bonchev–Trinajstić information content (AvgIpc) is 3.08. The molecule has 0 spiro atoms. The number of aromatic nitrogens is 1. The van der Waals surface area contributed by atoms with Crippen molar-refractivity contribution in [2.45, 2.75) is 32.6 Å². The number of anilines is 1. The molecule has 0 fully saturated rings. The zero-order valence-corrected chi connectivity index (χ0v) is 17.3. The highest BCUT2D eigenvalue weighted by molar-refractivity contribution is 7.22. The zero-order valence-electron chi connectivity index (χ0n) is 15.7. The van der Waals surface area contributed by atoms with Crippen LogP contribution in [-0.2, 0) is 4.79 Å². The van der Waals surface area contributed by atoms with Gasteiger partial charge in [-0.1, -0.05) is 55.2 Å². The Hall–Kier alpha value is -2.31. The van der Waals surface area contributed by atoms with E-state index in [1.165, 1.54) is 30.6 Å². The Balaban J connectivity index is 1.47. The van der Waals surface area contributed by atoms with E-state index in [4.69, 9.17) is 21.1 Å². The van der Waals surface area contributed by atoms with Crippen LogP contribution >= 0.6 is 22.9 Å². The average molecular weight is 419 g/mol. The van der Waals surface area contributed by atoms with Crippen LogP contribution in [0.5, 0.6) is 11.5 Å². The van der Waals surface area contributed by atoms with E-state index in [2.05, 4.69) is 17.2 Å². The monoisotopic (exact) mass is 418 g/mol. The van der Waals surface area contributed by atoms with Crippen LogP contribution in [0.2, 0.25) is 5.02 Å². The number of carbonyl (C=O) groups excluding carboxylic acids is 1. The predicted molar refractivity (Wildman–Crippen MR) is 115 cm³/mol. The topological polar surface area (TPSA) is 60.5 Å². The van der Waals surface area contributed by atoms with E-state index in [0.717, 1.165) is 22.4 Å². The summed E-state index contributed by atoms with van der Waals surface area (Å²) < 4.78 is 12.2. The first kappa shape index (κ1) is 20.4. The second-order valence-corrected chi connectivity index (χ2v) is 7.82. The molecule has 0 saturated heterocycles. The summed E-state index contributed by atoms with van der Waals surface area (Å²) in [6, 6.07) is 12.8. The molecule has 3 aromatic rings. The van der Waals surface area contributed by atoms with Gasteiger partial charge < -0.3 is 9.47 Å². The van der Waals surface area contributed by atoms with Crippen molar-refractivity contribution in [3.63, 3.8) is 0 Å². The number of ether oxygens (including phenoxy) is 2. The van der Waals surface area contributed by atoms with E-state index in [0.29, 0.717) is 22.5 Å². The summed E-state index contributed by atoms with van der Waals surface area (Å²) in [7, 11) is 0. The number of amides is 1. The number of hydrogen-bond donors (Lipinski definition) is 1. The van der Waals surface area contributed by atoms with Crippen molar-refractivity contribution in [2.24, 2.45) is 0 Å². The lowest BCUT2D eigenvalue weighted by molar-refractivity contribution is -0.118. The fraction of sp³-hybridized carbons (Fsp3) is 0.333. The summed E-state index contributed by atoms with van der Waals surface area (Å²) in [5, 5.41) is 3.93. The molecule has 0 unspecified atom stereocenters. The minimum Gasteiger partial charge on any atom is -0.493 e. The Morgan fingerprint density at radius 2 is 1.93 bits per heavy atom. The quantitative estimate of drug-likeness (QED) is 0.415. The third-order valence-electron chi connectivity index (χ3n) is 4.04. The molecule has 7 heteroatoms. The maximum atomic E-state index is 12.2. The number of fused-ring (bicyclic) bond motifs is 1. The van der Waals surface area contributed by atoms with E-state index in [-0.39, 0.29) is 12.5 Å². The lowest BCUT2D eigenvalue weighted by Crippen LogP contribution is -2.20. The number of rotatable bonds is 10. The minimum atomic E-state index is -0.268. The van der Waals surface area contributed by atoms with Crippen molar-refractivity contribution in [1.82, 2.24) is 4.98 Å². The fourth-order valence-corrected chi connectivity index (χ4v) is 3.79. The fourth-order valence-electron chi connectivity index (χ4n) is 2.63. The third-order valence-corrected chi connectivity index (χ3v) is 5.21. The van der Waals surface area contributed by atoms with Gasteiger partial charge in [-0.25, -0.2) is 4.98 Å². The van der Waals surface area contributed by atoms with Gasteiger partial charge >= 0.3 is 0 Å². The smallest absolute Gasteiger partial charge is 0.264 e. The minimum absolute atomic E-state index is 0.101. The van der Waals surface area contributed by atoms with Gasteiger partial charge in [0.15, 0.2) is 11.7 Å². The molecule has 5 nitrogen and oxygen atoms in total. The molecule has 1 aromatic heterocycles. The Bertz CT molecular complexity index is 929. The highest BCUT2D eigenvalue weighted by Crippen LogP contribution is 2.28. The second-order valence-electron chi connectivity index (χ2n) is 6.35. The highest BCUT2D eigenvalue weighted by atomic mass is 35.5. The normalized spacial score (nSPS) is 10.8. The summed E-state index contributed by atoms with van der Waals surface area (Å²) in [5.41, 5.74) is 0.800. The molecule has 0 aliphatic carbocycles. The lowest BCUT2D eigenvalue weighted by atomic mass is 10.2. The first-order valence-electron chi connectivity index (χ1n) is 9.35. The van der Waals surface area contributed by atoms with Crippen molar-refractivity contribution in [3.8, 4) is 11.5 Å². The molecule has 0 radical (unpaired) electrons. The number of nitrogens with zero attached hydrogens (tertiary/aromatic N) is 1. The predicted octanol–water partition coefficient (Wildman–Crippen LogP) is 5.93. The summed E-state index contributed by atoms with van der Waals surface area (Å²) in [5.74, 6) is 1.07. The van der Waals surface area contributed by atoms with Crippen molar-refractivity contribution in [3.05, 3.63) is 47.5 Å².